The highest BCUT2D eigenvalue weighted by Gasteiger charge is 2.30. The number of nitrogens with zero attached hydrogens (tertiary/aromatic N) is 2. The van der Waals surface area contributed by atoms with Gasteiger partial charge in [0.25, 0.3) is 5.91 Å². The third-order valence-corrected chi connectivity index (χ3v) is 5.58. The lowest BCUT2D eigenvalue weighted by Gasteiger charge is -2.22. The molecule has 3 aromatic rings. The van der Waals surface area contributed by atoms with E-state index in [1.165, 1.54) is 0 Å². The summed E-state index contributed by atoms with van der Waals surface area (Å²) in [5.41, 5.74) is 9.59. The molecule has 1 unspecified atom stereocenters. The first-order valence-corrected chi connectivity index (χ1v) is 10.9. The zero-order chi connectivity index (χ0) is 22.7. The molecule has 162 valence electrons. The number of halogens is 2. The van der Waals surface area contributed by atoms with Crippen LogP contribution in [0.2, 0.25) is 10.0 Å². The number of thiocarbonyl (C=S) groups is 1. The summed E-state index contributed by atoms with van der Waals surface area (Å²) in [7, 11) is 1.70. The van der Waals surface area contributed by atoms with Crippen molar-refractivity contribution in [3.63, 3.8) is 0 Å². The largest absolute Gasteiger partial charge is 0.332 e. The van der Waals surface area contributed by atoms with Crippen molar-refractivity contribution in [2.24, 2.45) is 4.99 Å². The summed E-state index contributed by atoms with van der Waals surface area (Å²) in [4.78, 5) is 19.5. The average molecular weight is 484 g/mol. The molecular formula is C23H19Cl2N5OS. The Labute approximate surface area is 201 Å². The minimum atomic E-state index is -0.937. The number of rotatable bonds is 4. The van der Waals surface area contributed by atoms with Gasteiger partial charge in [0.05, 0.1) is 17.1 Å². The van der Waals surface area contributed by atoms with E-state index in [9.17, 15) is 4.79 Å². The summed E-state index contributed by atoms with van der Waals surface area (Å²) < 4.78 is 0. The first-order chi connectivity index (χ1) is 15.4. The molecule has 32 heavy (non-hydrogen) atoms. The molecule has 0 fully saturated rings. The van der Waals surface area contributed by atoms with Crippen molar-refractivity contribution in [2.75, 3.05) is 17.4 Å². The van der Waals surface area contributed by atoms with Crippen LogP contribution in [-0.2, 0) is 4.79 Å². The number of likely N-dealkylation sites (N-methyl/N-ethyl adjacent to an activating group) is 1. The topological polar surface area (TPSA) is 68.8 Å². The molecule has 0 radical (unpaired) electrons. The lowest BCUT2D eigenvalue weighted by molar-refractivity contribution is -0.119. The van der Waals surface area contributed by atoms with Crippen LogP contribution < -0.4 is 21.1 Å². The Kier molecular flexibility index (Phi) is 6.60. The molecule has 4 rings (SSSR count). The highest BCUT2D eigenvalue weighted by molar-refractivity contribution is 7.80. The van der Waals surface area contributed by atoms with Gasteiger partial charge in [0.2, 0.25) is 6.17 Å². The van der Waals surface area contributed by atoms with E-state index >= 15 is 0 Å². The number of hydrazine groups is 1. The smallest absolute Gasteiger partial charge is 0.272 e. The van der Waals surface area contributed by atoms with Crippen LogP contribution in [0.4, 0.5) is 11.4 Å². The van der Waals surface area contributed by atoms with Crippen LogP contribution in [0.1, 0.15) is 11.1 Å². The van der Waals surface area contributed by atoms with E-state index in [0.717, 1.165) is 16.8 Å². The van der Waals surface area contributed by atoms with Crippen molar-refractivity contribution >= 4 is 63.5 Å². The van der Waals surface area contributed by atoms with E-state index in [4.69, 9.17) is 40.4 Å². The minimum absolute atomic E-state index is 0.215. The second-order valence-corrected chi connectivity index (χ2v) is 8.32. The van der Waals surface area contributed by atoms with Gasteiger partial charge in [-0.25, -0.2) is 4.99 Å². The van der Waals surface area contributed by atoms with Crippen LogP contribution >= 0.6 is 35.4 Å². The summed E-state index contributed by atoms with van der Waals surface area (Å²) in [6.07, 6.45) is -0.937. The monoisotopic (exact) mass is 483 g/mol. The molecule has 1 heterocycles. The van der Waals surface area contributed by atoms with Gasteiger partial charge >= 0.3 is 0 Å². The van der Waals surface area contributed by atoms with E-state index in [1.54, 1.807) is 42.3 Å². The van der Waals surface area contributed by atoms with E-state index in [-0.39, 0.29) is 11.0 Å². The number of benzene rings is 3. The van der Waals surface area contributed by atoms with E-state index < -0.39 is 6.17 Å². The van der Waals surface area contributed by atoms with Gasteiger partial charge in [-0.15, -0.1) is 0 Å². The predicted molar refractivity (Wildman–Crippen MR) is 135 cm³/mol. The Bertz CT molecular complexity index is 1180. The Morgan fingerprint density at radius 1 is 1.00 bits per heavy atom. The highest BCUT2D eigenvalue weighted by atomic mass is 35.5. The van der Waals surface area contributed by atoms with Crippen LogP contribution in [0.25, 0.3) is 0 Å². The summed E-state index contributed by atoms with van der Waals surface area (Å²) in [5.74, 6) is -0.254. The van der Waals surface area contributed by atoms with E-state index in [1.807, 2.05) is 42.5 Å². The maximum atomic E-state index is 13.2. The van der Waals surface area contributed by atoms with Gasteiger partial charge in [0.1, 0.15) is 0 Å². The first kappa shape index (κ1) is 22.1. The van der Waals surface area contributed by atoms with Crippen molar-refractivity contribution in [3.05, 3.63) is 94.0 Å². The molecule has 0 saturated heterocycles. The number of amides is 1. The van der Waals surface area contributed by atoms with Gasteiger partial charge in [-0.05, 0) is 54.7 Å². The molecule has 1 aliphatic heterocycles. The molecule has 0 aromatic heterocycles. The maximum absolute atomic E-state index is 13.2. The molecule has 1 atom stereocenters. The lowest BCUT2D eigenvalue weighted by atomic mass is 10.0. The Balaban J connectivity index is 1.62. The molecule has 6 nitrogen and oxygen atoms in total. The minimum Gasteiger partial charge on any atom is -0.332 e. The molecule has 0 spiro atoms. The first-order valence-electron chi connectivity index (χ1n) is 9.71. The summed E-state index contributed by atoms with van der Waals surface area (Å²) in [6.45, 7) is 0. The van der Waals surface area contributed by atoms with Crippen LogP contribution in [0.3, 0.4) is 0 Å². The van der Waals surface area contributed by atoms with Gasteiger partial charge in [0.15, 0.2) is 5.11 Å². The second-order valence-electron chi connectivity index (χ2n) is 7.04. The third-order valence-electron chi connectivity index (χ3n) is 4.88. The number of hydrogen-bond acceptors (Lipinski definition) is 4. The number of aliphatic imine (C=N–C) groups is 1. The number of carbonyl (C=O) groups excluding carboxylic acids is 1. The normalized spacial score (nSPS) is 15.3. The fourth-order valence-corrected chi connectivity index (χ4v) is 3.75. The lowest BCUT2D eigenvalue weighted by Crippen LogP contribution is -2.50. The van der Waals surface area contributed by atoms with Crippen LogP contribution in [-0.4, -0.2) is 29.9 Å². The second kappa shape index (κ2) is 9.56. The number of fused-ring (bicyclic) bond motifs is 1. The average Bonchev–Trinajstić information content (AvgIpc) is 2.89. The number of hydrogen-bond donors (Lipinski definition) is 3. The zero-order valence-electron chi connectivity index (χ0n) is 17.0. The quantitative estimate of drug-likeness (QED) is 0.373. The fourth-order valence-electron chi connectivity index (χ4n) is 3.29. The highest BCUT2D eigenvalue weighted by Crippen LogP contribution is 2.29. The maximum Gasteiger partial charge on any atom is 0.272 e. The SMILES string of the molecule is CN1C(=O)C(NC(=S)NNc2ccc(Cl)cc2)N=C(c2ccccc2)c2cc(Cl)ccc21. The summed E-state index contributed by atoms with van der Waals surface area (Å²) in [6, 6.07) is 22.1. The van der Waals surface area contributed by atoms with E-state index in [2.05, 4.69) is 16.2 Å². The van der Waals surface area contributed by atoms with Crippen LogP contribution in [0.5, 0.6) is 0 Å². The number of benzodiazepines with no additional fused rings is 1. The van der Waals surface area contributed by atoms with Gasteiger partial charge in [-0.2, -0.15) is 0 Å². The number of anilines is 2. The molecule has 3 aromatic carbocycles. The molecule has 9 heteroatoms. The van der Waals surface area contributed by atoms with Gasteiger partial charge in [-0.1, -0.05) is 53.5 Å². The molecule has 0 aliphatic carbocycles. The van der Waals surface area contributed by atoms with Crippen molar-refractivity contribution in [2.45, 2.75) is 6.17 Å². The fraction of sp³-hybridized carbons (Fsp3) is 0.0870. The molecule has 3 N–H and O–H groups in total. The van der Waals surface area contributed by atoms with Crippen molar-refractivity contribution in [1.82, 2.24) is 10.7 Å². The van der Waals surface area contributed by atoms with Gasteiger partial charge in [0, 0.05) is 28.2 Å². The van der Waals surface area contributed by atoms with Crippen molar-refractivity contribution < 1.29 is 4.79 Å². The van der Waals surface area contributed by atoms with Crippen molar-refractivity contribution in [1.29, 1.82) is 0 Å². The number of carbonyl (C=O) groups is 1. The Hall–Kier alpha value is -3.13. The Morgan fingerprint density at radius 3 is 2.41 bits per heavy atom. The summed E-state index contributed by atoms with van der Waals surface area (Å²) in [5, 5.41) is 4.39. The van der Waals surface area contributed by atoms with Crippen molar-refractivity contribution in [3.8, 4) is 0 Å². The predicted octanol–water partition coefficient (Wildman–Crippen LogP) is 4.62. The zero-order valence-corrected chi connectivity index (χ0v) is 19.3. The molecular weight excluding hydrogens is 465 g/mol. The van der Waals surface area contributed by atoms with E-state index in [0.29, 0.717) is 21.4 Å². The molecule has 1 aliphatic rings. The summed E-state index contributed by atoms with van der Waals surface area (Å²) >= 11 is 17.6. The van der Waals surface area contributed by atoms with Crippen LogP contribution in [0, 0.1) is 0 Å². The molecule has 0 bridgehead atoms. The third kappa shape index (κ3) is 4.85. The van der Waals surface area contributed by atoms with Gasteiger partial charge < -0.3 is 10.2 Å². The molecule has 0 saturated carbocycles. The Morgan fingerprint density at radius 2 is 1.69 bits per heavy atom. The standard InChI is InChI=1S/C23H19Cl2N5OS/c1-30-19-12-9-16(25)13-18(19)20(14-5-3-2-4-6-14)26-21(22(30)31)27-23(32)29-28-17-10-7-15(24)8-11-17/h2-13,21,28H,1H3,(H2,27,29,32). The van der Waals surface area contributed by atoms with Crippen LogP contribution in [0.15, 0.2) is 77.8 Å². The number of nitrogens with one attached hydrogen (secondary N) is 3. The molecule has 1 amide bonds. The van der Waals surface area contributed by atoms with Gasteiger partial charge in [-0.3, -0.25) is 15.6 Å².